The number of nitrogens with one attached hydrogen (secondary N) is 2. The van der Waals surface area contributed by atoms with Gasteiger partial charge in [0.2, 0.25) is 0 Å². The zero-order valence-electron chi connectivity index (χ0n) is 15.5. The molecule has 1 aromatic heterocycles. The number of rotatable bonds is 6. The van der Waals surface area contributed by atoms with Gasteiger partial charge in [-0.3, -0.25) is 9.48 Å². The molecule has 144 valence electrons. The van der Waals surface area contributed by atoms with E-state index < -0.39 is 11.5 Å². The molecule has 2 N–H and O–H groups in total. The number of hydrogen-bond donors (Lipinski definition) is 2. The lowest BCUT2D eigenvalue weighted by molar-refractivity contribution is -0.142. The Morgan fingerprint density at radius 3 is 2.74 bits per heavy atom. The largest absolute Gasteiger partial charge is 0.482 e. The van der Waals surface area contributed by atoms with Crippen molar-refractivity contribution < 1.29 is 19.1 Å². The van der Waals surface area contributed by atoms with E-state index in [9.17, 15) is 9.59 Å². The van der Waals surface area contributed by atoms with Crippen LogP contribution in [0, 0.1) is 6.92 Å². The van der Waals surface area contributed by atoms with E-state index in [1.807, 2.05) is 19.2 Å². The van der Waals surface area contributed by atoms with Crippen LogP contribution in [0.5, 0.6) is 5.75 Å². The number of ether oxygens (including phenoxy) is 2. The second-order valence-electron chi connectivity index (χ2n) is 6.53. The van der Waals surface area contributed by atoms with Gasteiger partial charge in [0.15, 0.2) is 6.61 Å². The fourth-order valence-electron chi connectivity index (χ4n) is 3.23. The second-order valence-corrected chi connectivity index (χ2v) is 6.53. The van der Waals surface area contributed by atoms with Crippen LogP contribution in [0.3, 0.4) is 0 Å². The van der Waals surface area contributed by atoms with Crippen molar-refractivity contribution in [1.29, 1.82) is 0 Å². The summed E-state index contributed by atoms with van der Waals surface area (Å²) >= 11 is 0. The van der Waals surface area contributed by atoms with Crippen LogP contribution >= 0.6 is 0 Å². The molecule has 1 amide bonds. The lowest BCUT2D eigenvalue weighted by Gasteiger charge is -2.36. The van der Waals surface area contributed by atoms with E-state index in [2.05, 4.69) is 20.5 Å². The molecule has 0 bridgehead atoms. The molecule has 1 aliphatic heterocycles. The minimum atomic E-state index is -0.707. The summed E-state index contributed by atoms with van der Waals surface area (Å²) in [6, 6.07) is 7.10. The number of methoxy groups -OCH3 is 1. The first-order valence-electron chi connectivity index (χ1n) is 8.88. The average molecular weight is 372 g/mol. The Balaban J connectivity index is 1.75. The lowest BCUT2D eigenvalue weighted by Crippen LogP contribution is -2.52. The molecule has 8 heteroatoms. The van der Waals surface area contributed by atoms with E-state index in [-0.39, 0.29) is 12.5 Å². The topological polar surface area (TPSA) is 94.5 Å². The summed E-state index contributed by atoms with van der Waals surface area (Å²) in [5.74, 6) is 0.00990. The third kappa shape index (κ3) is 4.11. The van der Waals surface area contributed by atoms with E-state index >= 15 is 0 Å². The van der Waals surface area contributed by atoms with Crippen LogP contribution in [0.25, 0.3) is 0 Å². The molecule has 3 rings (SSSR count). The van der Waals surface area contributed by atoms with Crippen molar-refractivity contribution in [3.63, 3.8) is 0 Å². The molecule has 27 heavy (non-hydrogen) atoms. The average Bonchev–Trinajstić information content (AvgIpc) is 3.23. The molecule has 8 nitrogen and oxygen atoms in total. The molecule has 0 unspecified atom stereocenters. The quantitative estimate of drug-likeness (QED) is 0.746. The third-order valence-corrected chi connectivity index (χ3v) is 4.83. The standard InChI is InChI=1S/C19H24N4O4/c1-14-12-15(27-13-17(24)26-2)4-5-16(14)22-18(25)19(6-9-20-10-7-19)23-11-3-8-21-23/h3-5,8,11-12,20H,6-7,9-10,13H2,1-2H3,(H,22,25). The molecule has 2 heterocycles. The molecular weight excluding hydrogens is 348 g/mol. The SMILES string of the molecule is COC(=O)COc1ccc(NC(=O)C2(n3cccn3)CCNCC2)c(C)c1. The molecule has 0 atom stereocenters. The Hall–Kier alpha value is -2.87. The van der Waals surface area contributed by atoms with Gasteiger partial charge in [-0.15, -0.1) is 0 Å². The molecule has 0 radical (unpaired) electrons. The summed E-state index contributed by atoms with van der Waals surface area (Å²) in [5, 5.41) is 10.7. The molecule has 1 aliphatic rings. The summed E-state index contributed by atoms with van der Waals surface area (Å²) in [5.41, 5.74) is 0.840. The zero-order chi connectivity index (χ0) is 19.3. The zero-order valence-corrected chi connectivity index (χ0v) is 15.5. The van der Waals surface area contributed by atoms with E-state index in [1.165, 1.54) is 7.11 Å². The van der Waals surface area contributed by atoms with Crippen LogP contribution in [-0.4, -0.2) is 48.5 Å². The number of esters is 1. The monoisotopic (exact) mass is 372 g/mol. The number of nitrogens with zero attached hydrogens (tertiary/aromatic N) is 2. The summed E-state index contributed by atoms with van der Waals surface area (Å²) in [7, 11) is 1.31. The molecule has 0 aliphatic carbocycles. The Bertz CT molecular complexity index is 798. The van der Waals surface area contributed by atoms with Gasteiger partial charge in [-0.25, -0.2) is 4.79 Å². The minimum absolute atomic E-state index is 0.0842. The van der Waals surface area contributed by atoms with Gasteiger partial charge < -0.3 is 20.1 Å². The van der Waals surface area contributed by atoms with Crippen molar-refractivity contribution in [1.82, 2.24) is 15.1 Å². The summed E-state index contributed by atoms with van der Waals surface area (Å²) in [4.78, 5) is 24.4. The Morgan fingerprint density at radius 1 is 1.33 bits per heavy atom. The number of carbonyl (C=O) groups is 2. The Kier molecular flexibility index (Phi) is 5.75. The molecule has 1 aromatic carbocycles. The molecule has 0 saturated carbocycles. The van der Waals surface area contributed by atoms with Crippen molar-refractivity contribution >= 4 is 17.6 Å². The molecule has 1 fully saturated rings. The first-order chi connectivity index (χ1) is 13.0. The van der Waals surface area contributed by atoms with Gasteiger partial charge in [0.05, 0.1) is 7.11 Å². The minimum Gasteiger partial charge on any atom is -0.482 e. The smallest absolute Gasteiger partial charge is 0.343 e. The summed E-state index contributed by atoms with van der Waals surface area (Å²) in [6.45, 7) is 3.24. The van der Waals surface area contributed by atoms with Crippen LogP contribution in [0.1, 0.15) is 18.4 Å². The third-order valence-electron chi connectivity index (χ3n) is 4.83. The maximum absolute atomic E-state index is 13.2. The number of aromatic nitrogens is 2. The van der Waals surface area contributed by atoms with Gasteiger partial charge in [-0.2, -0.15) is 5.10 Å². The fourth-order valence-corrected chi connectivity index (χ4v) is 3.23. The maximum atomic E-state index is 13.2. The van der Waals surface area contributed by atoms with Gasteiger partial charge in [0.1, 0.15) is 11.3 Å². The first kappa shape index (κ1) is 18.9. The molecule has 2 aromatic rings. The van der Waals surface area contributed by atoms with Crippen LogP contribution in [0.2, 0.25) is 0 Å². The number of hydrogen-bond acceptors (Lipinski definition) is 6. The summed E-state index contributed by atoms with van der Waals surface area (Å²) in [6.07, 6.45) is 4.86. The predicted molar refractivity (Wildman–Crippen MR) is 99.6 cm³/mol. The van der Waals surface area contributed by atoms with Crippen molar-refractivity contribution in [2.45, 2.75) is 25.3 Å². The highest BCUT2D eigenvalue weighted by Gasteiger charge is 2.42. The number of piperidine rings is 1. The highest BCUT2D eigenvalue weighted by atomic mass is 16.6. The maximum Gasteiger partial charge on any atom is 0.343 e. The Morgan fingerprint density at radius 2 is 2.11 bits per heavy atom. The van der Waals surface area contributed by atoms with E-state index in [4.69, 9.17) is 4.74 Å². The number of amides is 1. The first-order valence-corrected chi connectivity index (χ1v) is 8.88. The second kappa shape index (κ2) is 8.22. The van der Waals surface area contributed by atoms with Crippen molar-refractivity contribution in [3.8, 4) is 5.75 Å². The molecular formula is C19H24N4O4. The molecule has 0 spiro atoms. The van der Waals surface area contributed by atoms with Crippen LogP contribution < -0.4 is 15.4 Å². The highest BCUT2D eigenvalue weighted by molar-refractivity contribution is 5.97. The lowest BCUT2D eigenvalue weighted by atomic mass is 9.87. The van der Waals surface area contributed by atoms with Crippen molar-refractivity contribution in [2.75, 3.05) is 32.1 Å². The van der Waals surface area contributed by atoms with Gasteiger partial charge in [0, 0.05) is 18.1 Å². The van der Waals surface area contributed by atoms with Gasteiger partial charge in [-0.05, 0) is 62.7 Å². The summed E-state index contributed by atoms with van der Waals surface area (Å²) < 4.78 is 11.7. The van der Waals surface area contributed by atoms with Gasteiger partial charge in [0.25, 0.3) is 5.91 Å². The predicted octanol–water partition coefficient (Wildman–Crippen LogP) is 1.46. The molecule has 1 saturated heterocycles. The highest BCUT2D eigenvalue weighted by Crippen LogP contribution is 2.30. The number of anilines is 1. The van der Waals surface area contributed by atoms with Gasteiger partial charge >= 0.3 is 5.97 Å². The fraction of sp³-hybridized carbons (Fsp3) is 0.421. The van der Waals surface area contributed by atoms with Crippen LogP contribution in [0.15, 0.2) is 36.7 Å². The van der Waals surface area contributed by atoms with E-state index in [0.717, 1.165) is 18.7 Å². The number of aryl methyl sites for hydroxylation is 1. The van der Waals surface area contributed by atoms with Crippen molar-refractivity contribution in [2.24, 2.45) is 0 Å². The van der Waals surface area contributed by atoms with Gasteiger partial charge in [-0.1, -0.05) is 0 Å². The number of benzene rings is 1. The normalized spacial score (nSPS) is 15.8. The Labute approximate surface area is 157 Å². The van der Waals surface area contributed by atoms with E-state index in [1.54, 1.807) is 29.1 Å². The van der Waals surface area contributed by atoms with E-state index in [0.29, 0.717) is 24.3 Å². The van der Waals surface area contributed by atoms with Crippen molar-refractivity contribution in [3.05, 3.63) is 42.2 Å². The number of carbonyl (C=O) groups excluding carboxylic acids is 2. The van der Waals surface area contributed by atoms with Crippen LogP contribution in [-0.2, 0) is 19.9 Å². The van der Waals surface area contributed by atoms with Crippen LogP contribution in [0.4, 0.5) is 5.69 Å².